The van der Waals surface area contributed by atoms with Crippen LogP contribution in [0, 0.1) is 17.6 Å². The first kappa shape index (κ1) is 18.2. The Morgan fingerprint density at radius 2 is 1.88 bits per heavy atom. The van der Waals surface area contributed by atoms with E-state index >= 15 is 0 Å². The molecule has 0 saturated heterocycles. The third-order valence-electron chi connectivity index (χ3n) is 3.48. The normalized spacial score (nSPS) is 12.2. The van der Waals surface area contributed by atoms with Crippen molar-refractivity contribution in [3.05, 3.63) is 64.2 Å². The lowest BCUT2D eigenvalue weighted by molar-refractivity contribution is -0.122. The Kier molecular flexibility index (Phi) is 5.78. The number of hydrogen-bond donors (Lipinski definition) is 2. The molecule has 1 amide bonds. The molecule has 3 nitrogen and oxygen atoms in total. The molecule has 0 heterocycles. The van der Waals surface area contributed by atoms with E-state index in [1.807, 2.05) is 13.8 Å². The molecule has 0 fully saturated rings. The molecule has 0 aliphatic carbocycles. The second-order valence-electron chi connectivity index (χ2n) is 5.98. The summed E-state index contributed by atoms with van der Waals surface area (Å²) in [6.45, 7) is 3.78. The molecule has 0 radical (unpaired) electrons. The number of nitrogens with one attached hydrogen (secondary N) is 1. The first-order valence-electron chi connectivity index (χ1n) is 7.50. The number of carbonyl (C=O) groups excluding carboxylic acids is 1. The first-order chi connectivity index (χ1) is 11.3. The Bertz CT molecular complexity index is 750. The zero-order valence-electron chi connectivity index (χ0n) is 13.3. The number of phenols is 1. The molecule has 0 aliphatic heterocycles. The van der Waals surface area contributed by atoms with E-state index in [1.165, 1.54) is 24.3 Å². The van der Waals surface area contributed by atoms with Gasteiger partial charge in [-0.2, -0.15) is 0 Å². The standard InChI is InChI=1S/C18H18ClF2NO2/c1-10(2)7-17(24)22-18(11-3-5-14(20)15(21)8-11)13-9-12(19)4-6-16(13)23/h3-6,8-10,18,23H,7H2,1-2H3,(H,22,24). The zero-order valence-corrected chi connectivity index (χ0v) is 14.1. The summed E-state index contributed by atoms with van der Waals surface area (Å²) < 4.78 is 26.8. The topological polar surface area (TPSA) is 49.3 Å². The molecular weight excluding hydrogens is 336 g/mol. The minimum absolute atomic E-state index is 0.0982. The largest absolute Gasteiger partial charge is 0.508 e. The highest BCUT2D eigenvalue weighted by atomic mass is 35.5. The van der Waals surface area contributed by atoms with E-state index in [2.05, 4.69) is 5.32 Å². The van der Waals surface area contributed by atoms with E-state index in [0.29, 0.717) is 16.1 Å². The second kappa shape index (κ2) is 7.62. The molecule has 6 heteroatoms. The fourth-order valence-corrected chi connectivity index (χ4v) is 2.56. The molecule has 0 aromatic heterocycles. The maximum absolute atomic E-state index is 13.6. The molecule has 0 saturated carbocycles. The summed E-state index contributed by atoms with van der Waals surface area (Å²) >= 11 is 5.97. The average molecular weight is 354 g/mol. The molecule has 2 rings (SSSR count). The SMILES string of the molecule is CC(C)CC(=O)NC(c1ccc(F)c(F)c1)c1cc(Cl)ccc1O. The van der Waals surface area contributed by atoms with Gasteiger partial charge >= 0.3 is 0 Å². The minimum atomic E-state index is -1.03. The van der Waals surface area contributed by atoms with Gasteiger partial charge in [0.05, 0.1) is 6.04 Å². The molecular formula is C18H18ClF2NO2. The predicted molar refractivity (Wildman–Crippen MR) is 88.9 cm³/mol. The van der Waals surface area contributed by atoms with Crippen LogP contribution in [0.5, 0.6) is 5.75 Å². The van der Waals surface area contributed by atoms with E-state index < -0.39 is 17.7 Å². The van der Waals surface area contributed by atoms with Gasteiger partial charge < -0.3 is 10.4 Å². The average Bonchev–Trinajstić information content (AvgIpc) is 2.50. The van der Waals surface area contributed by atoms with Gasteiger partial charge in [-0.15, -0.1) is 0 Å². The van der Waals surface area contributed by atoms with Crippen LogP contribution in [0.3, 0.4) is 0 Å². The molecule has 0 bridgehead atoms. The maximum atomic E-state index is 13.6. The van der Waals surface area contributed by atoms with Gasteiger partial charge in [-0.3, -0.25) is 4.79 Å². The monoisotopic (exact) mass is 353 g/mol. The third-order valence-corrected chi connectivity index (χ3v) is 3.71. The summed E-state index contributed by atoms with van der Waals surface area (Å²) in [6, 6.07) is 6.86. The highest BCUT2D eigenvalue weighted by Crippen LogP contribution is 2.32. The second-order valence-corrected chi connectivity index (χ2v) is 6.41. The number of amides is 1. The van der Waals surface area contributed by atoms with Gasteiger partial charge in [0.1, 0.15) is 5.75 Å². The summed E-state index contributed by atoms with van der Waals surface area (Å²) in [5, 5.41) is 13.2. The van der Waals surface area contributed by atoms with Gasteiger partial charge in [0.2, 0.25) is 5.91 Å². The van der Waals surface area contributed by atoms with Crippen LogP contribution in [0.15, 0.2) is 36.4 Å². The molecule has 1 unspecified atom stereocenters. The van der Waals surface area contributed by atoms with Crippen molar-refractivity contribution in [3.63, 3.8) is 0 Å². The van der Waals surface area contributed by atoms with Crippen LogP contribution in [0.2, 0.25) is 5.02 Å². The highest BCUT2D eigenvalue weighted by molar-refractivity contribution is 6.30. The lowest BCUT2D eigenvalue weighted by atomic mass is 9.97. The van der Waals surface area contributed by atoms with Crippen LogP contribution >= 0.6 is 11.6 Å². The summed E-state index contributed by atoms with van der Waals surface area (Å²) in [6.07, 6.45) is 0.265. The van der Waals surface area contributed by atoms with Crippen molar-refractivity contribution in [2.24, 2.45) is 5.92 Å². The number of carbonyl (C=O) groups is 1. The zero-order chi connectivity index (χ0) is 17.9. The summed E-state index contributed by atoms with van der Waals surface area (Å²) in [5.41, 5.74) is 0.620. The lowest BCUT2D eigenvalue weighted by Crippen LogP contribution is -2.30. The highest BCUT2D eigenvalue weighted by Gasteiger charge is 2.22. The molecule has 24 heavy (non-hydrogen) atoms. The van der Waals surface area contributed by atoms with Crippen LogP contribution in [0.1, 0.15) is 37.4 Å². The molecule has 1 atom stereocenters. The fraction of sp³-hybridized carbons (Fsp3) is 0.278. The van der Waals surface area contributed by atoms with Gasteiger partial charge in [-0.25, -0.2) is 8.78 Å². The minimum Gasteiger partial charge on any atom is -0.508 e. The summed E-state index contributed by atoms with van der Waals surface area (Å²) in [5.74, 6) is -2.25. The Hall–Kier alpha value is -2.14. The van der Waals surface area contributed by atoms with Crippen LogP contribution in [-0.2, 0) is 4.79 Å². The van der Waals surface area contributed by atoms with Gasteiger partial charge in [0.15, 0.2) is 11.6 Å². The van der Waals surface area contributed by atoms with Gasteiger partial charge in [-0.05, 0) is 41.8 Å². The van der Waals surface area contributed by atoms with Gasteiger partial charge in [-0.1, -0.05) is 31.5 Å². The molecule has 0 aliphatic rings. The number of phenolic OH excluding ortho intramolecular Hbond substituents is 1. The van der Waals surface area contributed by atoms with E-state index in [9.17, 15) is 18.7 Å². The van der Waals surface area contributed by atoms with Gasteiger partial charge in [0.25, 0.3) is 0 Å². The van der Waals surface area contributed by atoms with E-state index in [1.54, 1.807) is 0 Å². The van der Waals surface area contributed by atoms with Crippen molar-refractivity contribution in [1.29, 1.82) is 0 Å². The Labute approximate surface area is 144 Å². The molecule has 2 N–H and O–H groups in total. The number of hydrogen-bond acceptors (Lipinski definition) is 2. The van der Waals surface area contributed by atoms with Crippen LogP contribution in [-0.4, -0.2) is 11.0 Å². The first-order valence-corrected chi connectivity index (χ1v) is 7.88. The van der Waals surface area contributed by atoms with Crippen molar-refractivity contribution in [2.45, 2.75) is 26.3 Å². The van der Waals surface area contributed by atoms with Crippen molar-refractivity contribution in [1.82, 2.24) is 5.32 Å². The van der Waals surface area contributed by atoms with E-state index in [0.717, 1.165) is 12.1 Å². The van der Waals surface area contributed by atoms with E-state index in [-0.39, 0.29) is 24.0 Å². The third kappa shape index (κ3) is 4.45. The Balaban J connectivity index is 2.46. The summed E-state index contributed by atoms with van der Waals surface area (Å²) in [4.78, 5) is 12.2. The number of aromatic hydroxyl groups is 1. The number of benzene rings is 2. The van der Waals surface area contributed by atoms with Gasteiger partial charge in [0, 0.05) is 17.0 Å². The van der Waals surface area contributed by atoms with Crippen molar-refractivity contribution < 1.29 is 18.7 Å². The van der Waals surface area contributed by atoms with E-state index in [4.69, 9.17) is 11.6 Å². The fourth-order valence-electron chi connectivity index (χ4n) is 2.38. The number of rotatable bonds is 5. The Morgan fingerprint density at radius 1 is 1.17 bits per heavy atom. The number of halogens is 3. The predicted octanol–water partition coefficient (Wildman–Crippen LogP) is 4.58. The smallest absolute Gasteiger partial charge is 0.221 e. The molecule has 2 aromatic rings. The van der Waals surface area contributed by atoms with Crippen LogP contribution in [0.4, 0.5) is 8.78 Å². The van der Waals surface area contributed by atoms with Crippen LogP contribution < -0.4 is 5.32 Å². The molecule has 0 spiro atoms. The van der Waals surface area contributed by atoms with Crippen molar-refractivity contribution in [2.75, 3.05) is 0 Å². The van der Waals surface area contributed by atoms with Crippen molar-refractivity contribution in [3.8, 4) is 5.75 Å². The lowest BCUT2D eigenvalue weighted by Gasteiger charge is -2.22. The van der Waals surface area contributed by atoms with Crippen LogP contribution in [0.25, 0.3) is 0 Å². The van der Waals surface area contributed by atoms with Crippen molar-refractivity contribution >= 4 is 17.5 Å². The Morgan fingerprint density at radius 3 is 2.50 bits per heavy atom. The quantitative estimate of drug-likeness (QED) is 0.826. The summed E-state index contributed by atoms with van der Waals surface area (Å²) in [7, 11) is 0. The maximum Gasteiger partial charge on any atom is 0.221 e. The molecule has 128 valence electrons. The molecule has 2 aromatic carbocycles.